The van der Waals surface area contributed by atoms with Crippen LogP contribution in [0.15, 0.2) is 60.8 Å². The van der Waals surface area contributed by atoms with Crippen LogP contribution in [0.5, 0.6) is 23.1 Å². The molecule has 2 aromatic carbocycles. The molecule has 0 spiro atoms. The average molecular weight is 414 g/mol. The molecule has 8 heteroatoms. The lowest BCUT2D eigenvalue weighted by atomic mass is 10.1. The summed E-state index contributed by atoms with van der Waals surface area (Å²) in [5.41, 5.74) is 0.933. The molecule has 156 valence electrons. The summed E-state index contributed by atoms with van der Waals surface area (Å²) in [5.74, 6) is 0.661. The van der Waals surface area contributed by atoms with Gasteiger partial charge in [-0.25, -0.2) is 13.8 Å². The van der Waals surface area contributed by atoms with Crippen molar-refractivity contribution in [3.8, 4) is 23.1 Å². The fraction of sp³-hybridized carbons (Fsp3) is 0.182. The number of anilines is 1. The van der Waals surface area contributed by atoms with Crippen molar-refractivity contribution < 1.29 is 27.8 Å². The number of hydrogen-bond acceptors (Lipinski definition) is 5. The van der Waals surface area contributed by atoms with Gasteiger partial charge in [-0.2, -0.15) is 0 Å². The molecule has 0 bridgehead atoms. The summed E-state index contributed by atoms with van der Waals surface area (Å²) in [6.07, 6.45) is 1.52. The zero-order valence-electron chi connectivity index (χ0n) is 16.5. The van der Waals surface area contributed by atoms with Crippen LogP contribution in [-0.4, -0.2) is 24.9 Å². The summed E-state index contributed by atoms with van der Waals surface area (Å²) in [6.45, 7) is 0.448. The number of methoxy groups -OCH3 is 1. The average Bonchev–Trinajstić information content (AvgIpc) is 2.75. The number of carbonyl (C=O) groups excluding carboxylic acids is 1. The second-order valence-corrected chi connectivity index (χ2v) is 6.22. The molecule has 6 nitrogen and oxygen atoms in total. The van der Waals surface area contributed by atoms with E-state index in [4.69, 9.17) is 14.2 Å². The summed E-state index contributed by atoms with van der Waals surface area (Å²) in [4.78, 5) is 18.1. The molecule has 0 unspecified atom stereocenters. The quantitative estimate of drug-likeness (QED) is 0.526. The molecule has 0 aliphatic heterocycles. The zero-order chi connectivity index (χ0) is 21.5. The minimum Gasteiger partial charge on any atom is -0.497 e. The Morgan fingerprint density at radius 3 is 2.50 bits per heavy atom. The van der Waals surface area contributed by atoms with E-state index in [1.54, 1.807) is 30.3 Å². The minimum atomic E-state index is -1.01. The van der Waals surface area contributed by atoms with Gasteiger partial charge in [0.05, 0.1) is 13.7 Å². The van der Waals surface area contributed by atoms with Crippen LogP contribution in [0, 0.1) is 5.82 Å². The first-order valence-corrected chi connectivity index (χ1v) is 9.04. The van der Waals surface area contributed by atoms with E-state index in [0.29, 0.717) is 22.7 Å². The Labute approximate surface area is 172 Å². The van der Waals surface area contributed by atoms with Gasteiger partial charge in [-0.3, -0.25) is 4.79 Å². The van der Waals surface area contributed by atoms with Crippen molar-refractivity contribution in [2.75, 3.05) is 18.9 Å². The number of carbonyl (C=O) groups is 1. The second-order valence-electron chi connectivity index (χ2n) is 6.22. The standard InChI is InChI=1S/C22H20F2N2O4/c1-15(27)26(13-16-12-19(28-2)9-10-21(16)29-14-23)20-4-3-11-25-22(20)30-18-7-5-17(24)6-8-18/h3-12H,13-14H2,1-2H3. The van der Waals surface area contributed by atoms with Gasteiger partial charge in [0, 0.05) is 18.7 Å². The van der Waals surface area contributed by atoms with Crippen molar-refractivity contribution in [1.29, 1.82) is 0 Å². The number of alkyl halides is 1. The molecule has 3 aromatic rings. The summed E-state index contributed by atoms with van der Waals surface area (Å²) in [6, 6.07) is 13.6. The fourth-order valence-corrected chi connectivity index (χ4v) is 2.82. The monoisotopic (exact) mass is 414 g/mol. The molecular formula is C22H20F2N2O4. The first-order valence-electron chi connectivity index (χ1n) is 9.04. The smallest absolute Gasteiger partial charge is 0.243 e. The molecule has 0 N–H and O–H groups in total. The van der Waals surface area contributed by atoms with Gasteiger partial charge in [-0.15, -0.1) is 0 Å². The van der Waals surface area contributed by atoms with Crippen LogP contribution in [0.2, 0.25) is 0 Å². The molecule has 0 aliphatic rings. The van der Waals surface area contributed by atoms with Gasteiger partial charge in [0.2, 0.25) is 18.6 Å². The van der Waals surface area contributed by atoms with E-state index >= 15 is 0 Å². The third-order valence-corrected chi connectivity index (χ3v) is 4.26. The first-order chi connectivity index (χ1) is 14.5. The maximum Gasteiger partial charge on any atom is 0.243 e. The first kappa shape index (κ1) is 21.0. The topological polar surface area (TPSA) is 60.9 Å². The van der Waals surface area contributed by atoms with Crippen LogP contribution >= 0.6 is 0 Å². The van der Waals surface area contributed by atoms with Crippen LogP contribution in [0.25, 0.3) is 0 Å². The van der Waals surface area contributed by atoms with Crippen LogP contribution in [0.4, 0.5) is 14.5 Å². The largest absolute Gasteiger partial charge is 0.497 e. The highest BCUT2D eigenvalue weighted by Crippen LogP contribution is 2.33. The van der Waals surface area contributed by atoms with Crippen LogP contribution in [0.3, 0.4) is 0 Å². The number of pyridine rings is 1. The van der Waals surface area contributed by atoms with E-state index in [1.165, 1.54) is 49.4 Å². The van der Waals surface area contributed by atoms with Crippen molar-refractivity contribution in [2.45, 2.75) is 13.5 Å². The highest BCUT2D eigenvalue weighted by atomic mass is 19.1. The number of aromatic nitrogens is 1. The van der Waals surface area contributed by atoms with E-state index in [9.17, 15) is 13.6 Å². The van der Waals surface area contributed by atoms with Crippen molar-refractivity contribution in [1.82, 2.24) is 4.98 Å². The Morgan fingerprint density at radius 2 is 1.83 bits per heavy atom. The Balaban J connectivity index is 1.96. The number of amides is 1. The normalized spacial score (nSPS) is 10.4. The van der Waals surface area contributed by atoms with Gasteiger partial charge in [-0.1, -0.05) is 0 Å². The third-order valence-electron chi connectivity index (χ3n) is 4.26. The van der Waals surface area contributed by atoms with Crippen LogP contribution < -0.4 is 19.1 Å². The SMILES string of the molecule is COc1ccc(OCF)c(CN(C(C)=O)c2cccnc2Oc2ccc(F)cc2)c1. The summed E-state index contributed by atoms with van der Waals surface area (Å²) >= 11 is 0. The molecule has 1 aromatic heterocycles. The maximum atomic E-state index is 13.2. The molecule has 0 saturated carbocycles. The summed E-state index contributed by atoms with van der Waals surface area (Å²) < 4.78 is 42.0. The predicted octanol–water partition coefficient (Wildman–Crippen LogP) is 4.88. The summed E-state index contributed by atoms with van der Waals surface area (Å²) in [7, 11) is 1.51. The fourth-order valence-electron chi connectivity index (χ4n) is 2.82. The molecule has 3 rings (SSSR count). The highest BCUT2D eigenvalue weighted by molar-refractivity contribution is 5.92. The molecule has 0 atom stereocenters. The van der Waals surface area contributed by atoms with Crippen molar-refractivity contribution in [3.63, 3.8) is 0 Å². The van der Waals surface area contributed by atoms with E-state index in [2.05, 4.69) is 4.98 Å². The van der Waals surface area contributed by atoms with Gasteiger partial charge >= 0.3 is 0 Å². The van der Waals surface area contributed by atoms with Crippen LogP contribution in [-0.2, 0) is 11.3 Å². The van der Waals surface area contributed by atoms with Gasteiger partial charge in [0.1, 0.15) is 28.8 Å². The van der Waals surface area contributed by atoms with E-state index in [0.717, 1.165) is 0 Å². The number of nitrogens with zero attached hydrogens (tertiary/aromatic N) is 2. The molecule has 0 fully saturated rings. The lowest BCUT2D eigenvalue weighted by Crippen LogP contribution is -2.28. The lowest BCUT2D eigenvalue weighted by molar-refractivity contribution is -0.116. The Bertz CT molecular complexity index is 1010. The van der Waals surface area contributed by atoms with E-state index in [-0.39, 0.29) is 24.1 Å². The van der Waals surface area contributed by atoms with Crippen molar-refractivity contribution in [3.05, 3.63) is 72.2 Å². The van der Waals surface area contributed by atoms with Gasteiger partial charge in [-0.05, 0) is 54.6 Å². The van der Waals surface area contributed by atoms with Crippen molar-refractivity contribution in [2.24, 2.45) is 0 Å². The van der Waals surface area contributed by atoms with E-state index in [1.807, 2.05) is 0 Å². The molecule has 1 heterocycles. The Morgan fingerprint density at radius 1 is 1.10 bits per heavy atom. The Kier molecular flexibility index (Phi) is 6.79. The molecule has 30 heavy (non-hydrogen) atoms. The molecule has 0 aliphatic carbocycles. The van der Waals surface area contributed by atoms with Crippen LogP contribution in [0.1, 0.15) is 12.5 Å². The second kappa shape index (κ2) is 9.69. The molecule has 0 radical (unpaired) electrons. The number of benzene rings is 2. The Hall–Kier alpha value is -3.68. The third kappa shape index (κ3) is 5.02. The number of halogens is 2. The zero-order valence-corrected chi connectivity index (χ0v) is 16.5. The number of rotatable bonds is 8. The van der Waals surface area contributed by atoms with Gasteiger partial charge in [0.15, 0.2) is 0 Å². The predicted molar refractivity (Wildman–Crippen MR) is 107 cm³/mol. The maximum absolute atomic E-state index is 13.2. The van der Waals surface area contributed by atoms with E-state index < -0.39 is 12.7 Å². The minimum absolute atomic E-state index is 0.0628. The van der Waals surface area contributed by atoms with Gasteiger partial charge < -0.3 is 19.1 Å². The number of hydrogen-bond donors (Lipinski definition) is 0. The molecular weight excluding hydrogens is 394 g/mol. The molecule has 1 amide bonds. The van der Waals surface area contributed by atoms with Crippen molar-refractivity contribution >= 4 is 11.6 Å². The summed E-state index contributed by atoms with van der Waals surface area (Å²) in [5, 5.41) is 0. The molecule has 0 saturated heterocycles. The lowest BCUT2D eigenvalue weighted by Gasteiger charge is -2.24. The highest BCUT2D eigenvalue weighted by Gasteiger charge is 2.20. The number of ether oxygens (including phenoxy) is 3. The van der Waals surface area contributed by atoms with Gasteiger partial charge in [0.25, 0.3) is 0 Å².